The van der Waals surface area contributed by atoms with E-state index in [1.807, 2.05) is 19.9 Å². The van der Waals surface area contributed by atoms with E-state index in [1.54, 1.807) is 7.11 Å². The van der Waals surface area contributed by atoms with Gasteiger partial charge in [-0.1, -0.05) is 6.07 Å². The largest absolute Gasteiger partial charge is 0.384 e. The lowest BCUT2D eigenvalue weighted by Crippen LogP contribution is -2.20. The number of methoxy groups -OCH3 is 1. The maximum atomic E-state index is 5.15. The van der Waals surface area contributed by atoms with Crippen molar-refractivity contribution in [1.82, 2.24) is 9.97 Å². The highest BCUT2D eigenvalue weighted by molar-refractivity contribution is 14.1. The normalized spacial score (nSPS) is 10.8. The number of halogens is 1. The summed E-state index contributed by atoms with van der Waals surface area (Å²) in [4.78, 5) is 11.3. The zero-order valence-corrected chi connectivity index (χ0v) is 15.7. The SMILES string of the molecule is CCN(c1nc(C)cc(C)n1)c1ccc(CCOC)cc1I. The van der Waals surface area contributed by atoms with Gasteiger partial charge in [0.05, 0.1) is 12.3 Å². The van der Waals surface area contributed by atoms with E-state index in [1.165, 1.54) is 9.13 Å². The number of ether oxygens (including phenoxy) is 1. The molecule has 0 radical (unpaired) electrons. The van der Waals surface area contributed by atoms with Crippen molar-refractivity contribution in [3.63, 3.8) is 0 Å². The number of benzene rings is 1. The van der Waals surface area contributed by atoms with Gasteiger partial charge in [0, 0.05) is 28.6 Å². The minimum absolute atomic E-state index is 0.743. The van der Waals surface area contributed by atoms with E-state index in [9.17, 15) is 0 Å². The Bertz CT molecular complexity index is 626. The van der Waals surface area contributed by atoms with Gasteiger partial charge in [-0.2, -0.15) is 0 Å². The molecule has 0 aliphatic carbocycles. The highest BCUT2D eigenvalue weighted by atomic mass is 127. The average molecular weight is 411 g/mol. The van der Waals surface area contributed by atoms with E-state index in [0.29, 0.717) is 0 Å². The number of rotatable bonds is 6. The number of nitrogens with zero attached hydrogens (tertiary/aromatic N) is 3. The van der Waals surface area contributed by atoms with Gasteiger partial charge in [0.15, 0.2) is 0 Å². The van der Waals surface area contributed by atoms with Crippen LogP contribution in [-0.2, 0) is 11.2 Å². The number of aromatic nitrogens is 2. The quantitative estimate of drug-likeness (QED) is 0.673. The van der Waals surface area contributed by atoms with Crippen molar-refractivity contribution in [2.75, 3.05) is 25.2 Å². The standard InChI is InChI=1S/C17H22IN3O/c1-5-21(17-19-12(2)10-13(3)20-17)16-7-6-14(8-9-22-4)11-15(16)18/h6-7,10-11H,5,8-9H2,1-4H3. The van der Waals surface area contributed by atoms with Crippen molar-refractivity contribution in [1.29, 1.82) is 0 Å². The fourth-order valence-electron chi connectivity index (χ4n) is 2.39. The zero-order chi connectivity index (χ0) is 16.1. The van der Waals surface area contributed by atoms with Crippen LogP contribution < -0.4 is 4.90 Å². The lowest BCUT2D eigenvalue weighted by molar-refractivity contribution is 0.202. The Morgan fingerprint density at radius 3 is 2.36 bits per heavy atom. The van der Waals surface area contributed by atoms with Gasteiger partial charge in [-0.3, -0.25) is 0 Å². The molecule has 0 spiro atoms. The van der Waals surface area contributed by atoms with Gasteiger partial charge < -0.3 is 9.64 Å². The molecule has 2 rings (SSSR count). The summed E-state index contributed by atoms with van der Waals surface area (Å²) in [5.41, 5.74) is 4.42. The predicted octanol–water partition coefficient (Wildman–Crippen LogP) is 4.04. The monoisotopic (exact) mass is 411 g/mol. The summed E-state index contributed by atoms with van der Waals surface area (Å²) in [6.45, 7) is 7.70. The Kier molecular flexibility index (Phi) is 6.14. The Morgan fingerprint density at radius 2 is 1.82 bits per heavy atom. The van der Waals surface area contributed by atoms with Crippen LogP contribution in [0.1, 0.15) is 23.9 Å². The van der Waals surface area contributed by atoms with Crippen molar-refractivity contribution >= 4 is 34.2 Å². The summed E-state index contributed by atoms with van der Waals surface area (Å²) in [6, 6.07) is 8.51. The summed E-state index contributed by atoms with van der Waals surface area (Å²) in [6.07, 6.45) is 0.930. The van der Waals surface area contributed by atoms with Crippen molar-refractivity contribution < 1.29 is 4.74 Å². The Balaban J connectivity index is 2.34. The van der Waals surface area contributed by atoms with Crippen LogP contribution in [-0.4, -0.2) is 30.2 Å². The van der Waals surface area contributed by atoms with Gasteiger partial charge >= 0.3 is 0 Å². The summed E-state index contributed by atoms with van der Waals surface area (Å²) in [5, 5.41) is 0. The average Bonchev–Trinajstić information content (AvgIpc) is 2.47. The molecule has 2 aromatic rings. The van der Waals surface area contributed by atoms with Gasteiger partial charge in [0.2, 0.25) is 5.95 Å². The number of aryl methyl sites for hydroxylation is 2. The molecule has 22 heavy (non-hydrogen) atoms. The van der Waals surface area contributed by atoms with E-state index in [4.69, 9.17) is 4.74 Å². The highest BCUT2D eigenvalue weighted by Crippen LogP contribution is 2.28. The van der Waals surface area contributed by atoms with Crippen molar-refractivity contribution in [3.8, 4) is 0 Å². The van der Waals surface area contributed by atoms with E-state index >= 15 is 0 Å². The molecule has 4 nitrogen and oxygen atoms in total. The van der Waals surface area contributed by atoms with Gasteiger partial charge in [0.25, 0.3) is 0 Å². The molecule has 0 amide bonds. The molecule has 1 aromatic carbocycles. The third-order valence-electron chi connectivity index (χ3n) is 3.43. The van der Waals surface area contributed by atoms with Crippen molar-refractivity contribution in [2.24, 2.45) is 0 Å². The van der Waals surface area contributed by atoms with E-state index < -0.39 is 0 Å². The smallest absolute Gasteiger partial charge is 0.230 e. The van der Waals surface area contributed by atoms with Crippen LogP contribution >= 0.6 is 22.6 Å². The second-order valence-electron chi connectivity index (χ2n) is 5.22. The third kappa shape index (κ3) is 4.16. The lowest BCUT2D eigenvalue weighted by atomic mass is 10.1. The minimum Gasteiger partial charge on any atom is -0.384 e. The maximum Gasteiger partial charge on any atom is 0.230 e. The summed E-state index contributed by atoms with van der Waals surface area (Å²) >= 11 is 2.38. The third-order valence-corrected chi connectivity index (χ3v) is 4.29. The topological polar surface area (TPSA) is 38.2 Å². The van der Waals surface area contributed by atoms with Gasteiger partial charge in [-0.05, 0) is 73.5 Å². The molecule has 1 heterocycles. The molecule has 0 aliphatic heterocycles. The van der Waals surface area contributed by atoms with Crippen molar-refractivity contribution in [2.45, 2.75) is 27.2 Å². The van der Waals surface area contributed by atoms with E-state index in [-0.39, 0.29) is 0 Å². The summed E-state index contributed by atoms with van der Waals surface area (Å²) in [5.74, 6) is 0.766. The van der Waals surface area contributed by atoms with E-state index in [2.05, 4.69) is 62.6 Å². The molecule has 0 saturated carbocycles. The van der Waals surface area contributed by atoms with Crippen LogP contribution in [0.5, 0.6) is 0 Å². The molecule has 0 N–H and O–H groups in total. The molecular weight excluding hydrogens is 389 g/mol. The minimum atomic E-state index is 0.743. The van der Waals surface area contributed by atoms with Crippen LogP contribution in [0.25, 0.3) is 0 Å². The lowest BCUT2D eigenvalue weighted by Gasteiger charge is -2.23. The van der Waals surface area contributed by atoms with Crippen LogP contribution in [0.2, 0.25) is 0 Å². The summed E-state index contributed by atoms with van der Waals surface area (Å²) < 4.78 is 6.35. The molecular formula is C17H22IN3O. The fraction of sp³-hybridized carbons (Fsp3) is 0.412. The predicted molar refractivity (Wildman–Crippen MR) is 98.9 cm³/mol. The van der Waals surface area contributed by atoms with Crippen molar-refractivity contribution in [3.05, 3.63) is 44.8 Å². The highest BCUT2D eigenvalue weighted by Gasteiger charge is 2.14. The second kappa shape index (κ2) is 7.87. The number of hydrogen-bond donors (Lipinski definition) is 0. The van der Waals surface area contributed by atoms with Crippen LogP contribution in [0, 0.1) is 17.4 Å². The first-order chi connectivity index (χ1) is 10.5. The van der Waals surface area contributed by atoms with Gasteiger partial charge in [-0.25, -0.2) is 9.97 Å². The molecule has 1 aromatic heterocycles. The Morgan fingerprint density at radius 1 is 1.14 bits per heavy atom. The Labute approximate surface area is 146 Å². The summed E-state index contributed by atoms with van der Waals surface area (Å²) in [7, 11) is 1.73. The molecule has 118 valence electrons. The molecule has 0 fully saturated rings. The molecule has 0 bridgehead atoms. The number of anilines is 2. The van der Waals surface area contributed by atoms with Gasteiger partial charge in [0.1, 0.15) is 0 Å². The first kappa shape index (κ1) is 17.1. The maximum absolute atomic E-state index is 5.15. The molecule has 0 unspecified atom stereocenters. The first-order valence-corrected chi connectivity index (χ1v) is 8.50. The van der Waals surface area contributed by atoms with E-state index in [0.717, 1.165) is 42.6 Å². The number of hydrogen-bond acceptors (Lipinski definition) is 4. The Hall–Kier alpha value is -1.21. The molecule has 0 aliphatic rings. The van der Waals surface area contributed by atoms with Crippen LogP contribution in [0.15, 0.2) is 24.3 Å². The fourth-order valence-corrected chi connectivity index (χ4v) is 3.26. The first-order valence-electron chi connectivity index (χ1n) is 7.42. The second-order valence-corrected chi connectivity index (χ2v) is 6.39. The molecule has 0 saturated heterocycles. The molecule has 5 heteroatoms. The van der Waals surface area contributed by atoms with Crippen LogP contribution in [0.4, 0.5) is 11.6 Å². The molecule has 0 atom stereocenters. The van der Waals surface area contributed by atoms with Crippen LogP contribution in [0.3, 0.4) is 0 Å². The zero-order valence-electron chi connectivity index (χ0n) is 13.6. The van der Waals surface area contributed by atoms with Gasteiger partial charge in [-0.15, -0.1) is 0 Å².